The molecule has 0 aliphatic carbocycles. The molecular formula is C17H20N4O6. The number of nitrogens with zero attached hydrogens (tertiary/aromatic N) is 2. The van der Waals surface area contributed by atoms with Crippen molar-refractivity contribution in [1.82, 2.24) is 15.6 Å². The highest BCUT2D eigenvalue weighted by atomic mass is 16.5. The summed E-state index contributed by atoms with van der Waals surface area (Å²) in [6.07, 6.45) is 6.07. The fraction of sp³-hybridized carbons (Fsp3) is 0.353. The molecule has 1 unspecified atom stereocenters. The first kappa shape index (κ1) is 21.6. The van der Waals surface area contributed by atoms with Gasteiger partial charge in [-0.05, 0) is 18.6 Å². The number of hydroxylamine groups is 1. The minimum atomic E-state index is -1.25. The number of rotatable bonds is 9. The smallest absolute Gasteiger partial charge is 0.322 e. The van der Waals surface area contributed by atoms with Crippen molar-refractivity contribution in [3.63, 3.8) is 0 Å². The molecule has 3 amide bonds. The number of aromatic nitrogens is 1. The Labute approximate surface area is 155 Å². The van der Waals surface area contributed by atoms with Gasteiger partial charge in [0.1, 0.15) is 18.3 Å². The van der Waals surface area contributed by atoms with Crippen LogP contribution in [-0.2, 0) is 19.2 Å². The molecule has 144 valence electrons. The number of carboxylic acid groups (broad SMARTS) is 1. The summed E-state index contributed by atoms with van der Waals surface area (Å²) >= 11 is 0. The lowest BCUT2D eigenvalue weighted by molar-refractivity contribution is -0.138. The standard InChI is InChI=1S/C17H20N4O6/c1-3-11-5-6-12(9-18-11)21(27)15(23)8-7-13(20-14(22)4-2)17(26)19-10-16(24)25/h1,5-6,9,13,27H,4,7-8,10H2,2H3,(H,19,26)(H,20,22)(H,24,25). The number of amides is 3. The average Bonchev–Trinajstić information content (AvgIpc) is 2.68. The third-order valence-corrected chi connectivity index (χ3v) is 3.41. The fourth-order valence-corrected chi connectivity index (χ4v) is 1.97. The molecule has 10 heteroatoms. The third-order valence-electron chi connectivity index (χ3n) is 3.41. The lowest BCUT2D eigenvalue weighted by atomic mass is 10.1. The highest BCUT2D eigenvalue weighted by Gasteiger charge is 2.23. The maximum Gasteiger partial charge on any atom is 0.322 e. The maximum absolute atomic E-state index is 12.1. The number of carbonyl (C=O) groups is 4. The summed E-state index contributed by atoms with van der Waals surface area (Å²) < 4.78 is 0. The van der Waals surface area contributed by atoms with Crippen molar-refractivity contribution in [3.8, 4) is 12.3 Å². The predicted octanol–water partition coefficient (Wildman–Crippen LogP) is -0.339. The summed E-state index contributed by atoms with van der Waals surface area (Å²) in [5.41, 5.74) is 0.417. The van der Waals surface area contributed by atoms with E-state index in [1.807, 2.05) is 0 Å². The topological polar surface area (TPSA) is 149 Å². The van der Waals surface area contributed by atoms with Crippen molar-refractivity contribution in [1.29, 1.82) is 0 Å². The molecule has 1 aromatic heterocycles. The molecule has 0 saturated heterocycles. The van der Waals surface area contributed by atoms with Gasteiger partial charge in [-0.2, -0.15) is 5.06 Å². The zero-order chi connectivity index (χ0) is 20.4. The molecule has 0 saturated carbocycles. The van der Waals surface area contributed by atoms with Crippen LogP contribution in [0.4, 0.5) is 5.69 Å². The van der Waals surface area contributed by atoms with E-state index in [-0.39, 0.29) is 24.9 Å². The second kappa shape index (κ2) is 10.5. The molecule has 0 aliphatic rings. The summed E-state index contributed by atoms with van der Waals surface area (Å²) in [7, 11) is 0. The molecule has 0 fully saturated rings. The quantitative estimate of drug-likeness (QED) is 0.262. The second-order valence-electron chi connectivity index (χ2n) is 5.38. The lowest BCUT2D eigenvalue weighted by Crippen LogP contribution is -2.48. The van der Waals surface area contributed by atoms with E-state index in [1.54, 1.807) is 6.92 Å². The number of pyridine rings is 1. The summed E-state index contributed by atoms with van der Waals surface area (Å²) in [5.74, 6) is -0.870. The normalized spacial score (nSPS) is 11.0. The number of nitrogens with one attached hydrogen (secondary N) is 2. The van der Waals surface area contributed by atoms with E-state index >= 15 is 0 Å². The van der Waals surface area contributed by atoms with E-state index in [9.17, 15) is 24.4 Å². The summed E-state index contributed by atoms with van der Waals surface area (Å²) in [6, 6.07) is 1.72. The molecule has 1 rings (SSSR count). The van der Waals surface area contributed by atoms with Crippen LogP contribution >= 0.6 is 0 Å². The number of hydrogen-bond donors (Lipinski definition) is 4. The van der Waals surface area contributed by atoms with Gasteiger partial charge in [-0.15, -0.1) is 6.42 Å². The van der Waals surface area contributed by atoms with Crippen molar-refractivity contribution < 1.29 is 29.5 Å². The number of carboxylic acids is 1. The van der Waals surface area contributed by atoms with E-state index < -0.39 is 36.3 Å². The number of aliphatic carboxylic acids is 1. The zero-order valence-corrected chi connectivity index (χ0v) is 14.6. The van der Waals surface area contributed by atoms with Crippen molar-refractivity contribution in [2.24, 2.45) is 0 Å². The Bertz CT molecular complexity index is 741. The van der Waals surface area contributed by atoms with Gasteiger partial charge >= 0.3 is 5.97 Å². The Morgan fingerprint density at radius 1 is 1.33 bits per heavy atom. The second-order valence-corrected chi connectivity index (χ2v) is 5.38. The summed E-state index contributed by atoms with van der Waals surface area (Å²) in [4.78, 5) is 50.1. The van der Waals surface area contributed by atoms with Crippen LogP contribution in [0.5, 0.6) is 0 Å². The Morgan fingerprint density at radius 3 is 2.56 bits per heavy atom. The van der Waals surface area contributed by atoms with Gasteiger partial charge in [0.2, 0.25) is 11.8 Å². The van der Waals surface area contributed by atoms with Crippen LogP contribution in [0.1, 0.15) is 31.9 Å². The number of carbonyl (C=O) groups excluding carboxylic acids is 3. The van der Waals surface area contributed by atoms with Crippen molar-refractivity contribution in [2.75, 3.05) is 11.6 Å². The van der Waals surface area contributed by atoms with E-state index in [0.717, 1.165) is 0 Å². The lowest BCUT2D eigenvalue weighted by Gasteiger charge is -2.19. The molecule has 0 spiro atoms. The molecular weight excluding hydrogens is 356 g/mol. The first-order valence-electron chi connectivity index (χ1n) is 8.01. The zero-order valence-electron chi connectivity index (χ0n) is 14.6. The molecule has 27 heavy (non-hydrogen) atoms. The molecule has 10 nitrogen and oxygen atoms in total. The first-order valence-corrected chi connectivity index (χ1v) is 8.01. The molecule has 0 bridgehead atoms. The van der Waals surface area contributed by atoms with Gasteiger partial charge in [-0.1, -0.05) is 12.8 Å². The molecule has 1 atom stereocenters. The van der Waals surface area contributed by atoms with E-state index in [4.69, 9.17) is 11.5 Å². The Morgan fingerprint density at radius 2 is 2.04 bits per heavy atom. The molecule has 0 radical (unpaired) electrons. The van der Waals surface area contributed by atoms with E-state index in [1.165, 1.54) is 18.3 Å². The molecule has 4 N–H and O–H groups in total. The summed E-state index contributed by atoms with van der Waals surface area (Å²) in [6.45, 7) is 0.958. The van der Waals surface area contributed by atoms with Gasteiger partial charge in [0, 0.05) is 12.8 Å². The predicted molar refractivity (Wildman–Crippen MR) is 93.5 cm³/mol. The number of terminal acetylenes is 1. The maximum atomic E-state index is 12.1. The van der Waals surface area contributed by atoms with Gasteiger partial charge in [-0.3, -0.25) is 24.4 Å². The molecule has 0 aliphatic heterocycles. The van der Waals surface area contributed by atoms with Gasteiger partial charge in [-0.25, -0.2) is 4.98 Å². The fourth-order valence-electron chi connectivity index (χ4n) is 1.97. The Hall–Kier alpha value is -3.45. The minimum Gasteiger partial charge on any atom is -0.480 e. The number of hydrogen-bond acceptors (Lipinski definition) is 6. The molecule has 0 aromatic carbocycles. The van der Waals surface area contributed by atoms with Gasteiger partial charge in [0.05, 0.1) is 11.9 Å². The molecule has 1 heterocycles. The SMILES string of the molecule is C#Cc1ccc(N(O)C(=O)CCC(NC(=O)CC)C(=O)NCC(=O)O)cn1. The van der Waals surface area contributed by atoms with Gasteiger partial charge < -0.3 is 15.7 Å². The highest BCUT2D eigenvalue weighted by molar-refractivity contribution is 5.93. The van der Waals surface area contributed by atoms with Gasteiger partial charge in [0.15, 0.2) is 0 Å². The van der Waals surface area contributed by atoms with Crippen LogP contribution in [0.15, 0.2) is 18.3 Å². The number of anilines is 1. The van der Waals surface area contributed by atoms with Crippen LogP contribution in [-0.4, -0.2) is 51.6 Å². The van der Waals surface area contributed by atoms with Crippen molar-refractivity contribution >= 4 is 29.4 Å². The highest BCUT2D eigenvalue weighted by Crippen LogP contribution is 2.13. The van der Waals surface area contributed by atoms with Crippen molar-refractivity contribution in [3.05, 3.63) is 24.0 Å². The summed E-state index contributed by atoms with van der Waals surface area (Å²) in [5, 5.41) is 23.5. The minimum absolute atomic E-state index is 0.0865. The van der Waals surface area contributed by atoms with E-state index in [2.05, 4.69) is 21.5 Å². The van der Waals surface area contributed by atoms with Gasteiger partial charge in [0.25, 0.3) is 5.91 Å². The monoisotopic (exact) mass is 376 g/mol. The Balaban J connectivity index is 2.72. The molecule has 1 aromatic rings. The van der Waals surface area contributed by atoms with Crippen LogP contribution in [0.2, 0.25) is 0 Å². The largest absolute Gasteiger partial charge is 0.480 e. The van der Waals surface area contributed by atoms with Crippen LogP contribution in [0, 0.1) is 12.3 Å². The van der Waals surface area contributed by atoms with E-state index in [0.29, 0.717) is 10.8 Å². The first-order chi connectivity index (χ1) is 12.8. The van der Waals surface area contributed by atoms with Crippen LogP contribution < -0.4 is 15.7 Å². The van der Waals surface area contributed by atoms with Crippen molar-refractivity contribution in [2.45, 2.75) is 32.2 Å². The average molecular weight is 376 g/mol. The Kier molecular flexibility index (Phi) is 8.41. The van der Waals surface area contributed by atoms with Crippen LogP contribution in [0.3, 0.4) is 0 Å². The third kappa shape index (κ3) is 7.13. The van der Waals surface area contributed by atoms with Crippen LogP contribution in [0.25, 0.3) is 0 Å².